The van der Waals surface area contributed by atoms with Crippen LogP contribution in [0.2, 0.25) is 0 Å². The number of anilines is 1. The van der Waals surface area contributed by atoms with Gasteiger partial charge in [0.25, 0.3) is 0 Å². The molecule has 2 aromatic rings. The van der Waals surface area contributed by atoms with Gasteiger partial charge in [0.15, 0.2) is 0 Å². The number of hydrogen-bond donors (Lipinski definition) is 1. The summed E-state index contributed by atoms with van der Waals surface area (Å²) in [6.07, 6.45) is 3.65. The Morgan fingerprint density at radius 2 is 1.47 bits per heavy atom. The van der Waals surface area contributed by atoms with Gasteiger partial charge in [-0.15, -0.1) is 0 Å². The van der Waals surface area contributed by atoms with Gasteiger partial charge in [0, 0.05) is 31.2 Å². The molecule has 3 nitrogen and oxygen atoms in total. The van der Waals surface area contributed by atoms with E-state index in [9.17, 15) is 0 Å². The van der Waals surface area contributed by atoms with Crippen LogP contribution in [0.15, 0.2) is 48.8 Å². The molecule has 2 N–H and O–H groups in total. The highest BCUT2D eigenvalue weighted by molar-refractivity contribution is 5.39. The van der Waals surface area contributed by atoms with Gasteiger partial charge < -0.3 is 5.73 Å². The molecule has 0 aliphatic carbocycles. The van der Waals surface area contributed by atoms with Crippen molar-refractivity contribution in [2.24, 2.45) is 0 Å². The summed E-state index contributed by atoms with van der Waals surface area (Å²) < 4.78 is 0. The molecule has 0 spiro atoms. The standard InChI is InChI=1S/C14H17N3/c1-17(11-13-6-8-16-9-7-13)10-12-2-4-14(15)5-3-12/h2-9H,10-11,15H2,1H3. The van der Waals surface area contributed by atoms with E-state index in [1.165, 1.54) is 11.1 Å². The molecule has 0 aliphatic heterocycles. The molecule has 0 saturated heterocycles. The van der Waals surface area contributed by atoms with Gasteiger partial charge in [-0.3, -0.25) is 9.88 Å². The van der Waals surface area contributed by atoms with Crippen LogP contribution in [0, 0.1) is 0 Å². The number of rotatable bonds is 4. The van der Waals surface area contributed by atoms with Crippen LogP contribution < -0.4 is 5.73 Å². The largest absolute Gasteiger partial charge is 0.399 e. The summed E-state index contributed by atoms with van der Waals surface area (Å²) >= 11 is 0. The lowest BCUT2D eigenvalue weighted by atomic mass is 10.2. The van der Waals surface area contributed by atoms with Crippen molar-refractivity contribution in [2.45, 2.75) is 13.1 Å². The Morgan fingerprint density at radius 3 is 2.06 bits per heavy atom. The van der Waals surface area contributed by atoms with E-state index in [1.54, 1.807) is 0 Å². The summed E-state index contributed by atoms with van der Waals surface area (Å²) in [5.41, 5.74) is 9.02. The van der Waals surface area contributed by atoms with Crippen molar-refractivity contribution in [1.29, 1.82) is 0 Å². The molecule has 2 rings (SSSR count). The van der Waals surface area contributed by atoms with Crippen molar-refractivity contribution >= 4 is 5.69 Å². The fourth-order valence-corrected chi connectivity index (χ4v) is 1.79. The van der Waals surface area contributed by atoms with Gasteiger partial charge in [0.1, 0.15) is 0 Å². The van der Waals surface area contributed by atoms with E-state index in [2.05, 4.69) is 29.1 Å². The molecule has 3 heteroatoms. The van der Waals surface area contributed by atoms with Crippen LogP contribution in [0.5, 0.6) is 0 Å². The summed E-state index contributed by atoms with van der Waals surface area (Å²) in [4.78, 5) is 6.28. The minimum atomic E-state index is 0.811. The van der Waals surface area contributed by atoms with Crippen molar-refractivity contribution in [3.8, 4) is 0 Å². The zero-order valence-electron chi connectivity index (χ0n) is 10.0. The topological polar surface area (TPSA) is 42.2 Å². The Bertz CT molecular complexity index is 451. The predicted molar refractivity (Wildman–Crippen MR) is 70.3 cm³/mol. The summed E-state index contributed by atoms with van der Waals surface area (Å²) in [5, 5.41) is 0. The second kappa shape index (κ2) is 5.46. The van der Waals surface area contributed by atoms with Gasteiger partial charge in [-0.25, -0.2) is 0 Å². The number of hydrogen-bond acceptors (Lipinski definition) is 3. The fraction of sp³-hybridized carbons (Fsp3) is 0.214. The van der Waals surface area contributed by atoms with Crippen LogP contribution in [-0.4, -0.2) is 16.9 Å². The second-order valence-corrected chi connectivity index (χ2v) is 4.27. The maximum absolute atomic E-state index is 5.66. The van der Waals surface area contributed by atoms with Crippen LogP contribution in [0.1, 0.15) is 11.1 Å². The molecule has 0 fully saturated rings. The molecule has 1 heterocycles. The Kier molecular flexibility index (Phi) is 3.73. The minimum absolute atomic E-state index is 0.811. The fourth-order valence-electron chi connectivity index (χ4n) is 1.79. The first-order chi connectivity index (χ1) is 8.24. The van der Waals surface area contributed by atoms with E-state index in [1.807, 2.05) is 36.7 Å². The average molecular weight is 227 g/mol. The van der Waals surface area contributed by atoms with Crippen LogP contribution in [-0.2, 0) is 13.1 Å². The Balaban J connectivity index is 1.93. The smallest absolute Gasteiger partial charge is 0.0314 e. The van der Waals surface area contributed by atoms with E-state index in [4.69, 9.17) is 5.73 Å². The van der Waals surface area contributed by atoms with Crippen molar-refractivity contribution < 1.29 is 0 Å². The molecule has 17 heavy (non-hydrogen) atoms. The molecule has 1 aromatic heterocycles. The SMILES string of the molecule is CN(Cc1ccncc1)Cc1ccc(N)cc1. The van der Waals surface area contributed by atoms with Crippen LogP contribution >= 0.6 is 0 Å². The minimum Gasteiger partial charge on any atom is -0.399 e. The van der Waals surface area contributed by atoms with E-state index < -0.39 is 0 Å². The zero-order chi connectivity index (χ0) is 12.1. The zero-order valence-corrected chi connectivity index (χ0v) is 10.0. The number of aromatic nitrogens is 1. The van der Waals surface area contributed by atoms with E-state index >= 15 is 0 Å². The third-order valence-corrected chi connectivity index (χ3v) is 2.63. The number of nitrogens with two attached hydrogens (primary N) is 1. The molecular formula is C14H17N3. The molecule has 0 saturated carbocycles. The molecule has 0 radical (unpaired) electrons. The van der Waals surface area contributed by atoms with Crippen molar-refractivity contribution in [3.05, 3.63) is 59.9 Å². The van der Waals surface area contributed by atoms with Crippen LogP contribution in [0.4, 0.5) is 5.69 Å². The van der Waals surface area contributed by atoms with Crippen molar-refractivity contribution in [2.75, 3.05) is 12.8 Å². The normalized spacial score (nSPS) is 10.7. The maximum Gasteiger partial charge on any atom is 0.0314 e. The molecule has 1 aromatic carbocycles. The lowest BCUT2D eigenvalue weighted by Crippen LogP contribution is -2.17. The maximum atomic E-state index is 5.66. The van der Waals surface area contributed by atoms with E-state index in [-0.39, 0.29) is 0 Å². The quantitative estimate of drug-likeness (QED) is 0.815. The summed E-state index contributed by atoms with van der Waals surface area (Å²) in [6, 6.07) is 12.1. The second-order valence-electron chi connectivity index (χ2n) is 4.27. The third kappa shape index (κ3) is 3.57. The Morgan fingerprint density at radius 1 is 0.941 bits per heavy atom. The Labute approximate surface area is 102 Å². The number of nitrogens with zero attached hydrogens (tertiary/aromatic N) is 2. The van der Waals surface area contributed by atoms with Crippen LogP contribution in [0.25, 0.3) is 0 Å². The summed E-state index contributed by atoms with van der Waals surface area (Å²) in [6.45, 7) is 1.84. The Hall–Kier alpha value is -1.87. The summed E-state index contributed by atoms with van der Waals surface area (Å²) in [5.74, 6) is 0. The number of pyridine rings is 1. The molecule has 0 amide bonds. The predicted octanol–water partition coefficient (Wildman–Crippen LogP) is 2.30. The first kappa shape index (κ1) is 11.6. The van der Waals surface area contributed by atoms with Crippen molar-refractivity contribution in [3.63, 3.8) is 0 Å². The molecule has 0 atom stereocenters. The number of nitrogen functional groups attached to an aromatic ring is 1. The van der Waals surface area contributed by atoms with Gasteiger partial charge in [-0.05, 0) is 42.4 Å². The third-order valence-electron chi connectivity index (χ3n) is 2.63. The highest BCUT2D eigenvalue weighted by Crippen LogP contribution is 2.09. The first-order valence-electron chi connectivity index (χ1n) is 5.66. The van der Waals surface area contributed by atoms with Gasteiger partial charge in [-0.2, -0.15) is 0 Å². The van der Waals surface area contributed by atoms with Gasteiger partial charge in [0.2, 0.25) is 0 Å². The monoisotopic (exact) mass is 227 g/mol. The highest BCUT2D eigenvalue weighted by Gasteiger charge is 2.01. The van der Waals surface area contributed by atoms with Crippen molar-refractivity contribution in [1.82, 2.24) is 9.88 Å². The lowest BCUT2D eigenvalue weighted by molar-refractivity contribution is 0.319. The highest BCUT2D eigenvalue weighted by atomic mass is 15.1. The van der Waals surface area contributed by atoms with Gasteiger partial charge in [0.05, 0.1) is 0 Å². The molecule has 0 unspecified atom stereocenters. The molecular weight excluding hydrogens is 210 g/mol. The van der Waals surface area contributed by atoms with Gasteiger partial charge in [-0.1, -0.05) is 12.1 Å². The first-order valence-corrected chi connectivity index (χ1v) is 5.66. The van der Waals surface area contributed by atoms with Gasteiger partial charge >= 0.3 is 0 Å². The molecule has 0 aliphatic rings. The van der Waals surface area contributed by atoms with E-state index in [0.717, 1.165) is 18.8 Å². The molecule has 0 bridgehead atoms. The van der Waals surface area contributed by atoms with Crippen LogP contribution in [0.3, 0.4) is 0 Å². The molecule has 88 valence electrons. The number of benzene rings is 1. The summed E-state index contributed by atoms with van der Waals surface area (Å²) in [7, 11) is 2.11. The lowest BCUT2D eigenvalue weighted by Gasteiger charge is -2.16. The average Bonchev–Trinajstić information content (AvgIpc) is 2.33. The van der Waals surface area contributed by atoms with E-state index in [0.29, 0.717) is 0 Å².